The molecule has 76 valence electrons. The Kier molecular flexibility index (Phi) is 3.51. The van der Waals surface area contributed by atoms with Crippen molar-refractivity contribution in [2.45, 2.75) is 26.9 Å². The summed E-state index contributed by atoms with van der Waals surface area (Å²) in [5, 5.41) is 0. The molecule has 0 aliphatic carbocycles. The summed E-state index contributed by atoms with van der Waals surface area (Å²) >= 11 is 0. The Hall–Kier alpha value is -1.51. The van der Waals surface area contributed by atoms with E-state index in [4.69, 9.17) is 9.47 Å². The van der Waals surface area contributed by atoms with Gasteiger partial charge in [0.15, 0.2) is 0 Å². The van der Waals surface area contributed by atoms with Crippen LogP contribution in [0.2, 0.25) is 0 Å². The van der Waals surface area contributed by atoms with Crippen molar-refractivity contribution in [2.75, 3.05) is 0 Å². The van der Waals surface area contributed by atoms with Crippen LogP contribution in [0, 0.1) is 0 Å². The molecule has 0 radical (unpaired) electrons. The molecule has 1 aromatic carbocycles. The van der Waals surface area contributed by atoms with Crippen LogP contribution in [-0.4, -0.2) is 12.1 Å². The third-order valence-corrected chi connectivity index (χ3v) is 1.46. The molecule has 14 heavy (non-hydrogen) atoms. The highest BCUT2D eigenvalue weighted by atomic mass is 16.5. The summed E-state index contributed by atoms with van der Waals surface area (Å²) in [4.78, 5) is 10.6. The minimum absolute atomic E-state index is 0.148. The van der Waals surface area contributed by atoms with Crippen LogP contribution in [0.3, 0.4) is 0 Å². The quantitative estimate of drug-likeness (QED) is 0.547. The van der Waals surface area contributed by atoms with Crippen LogP contribution in [0.15, 0.2) is 24.3 Å². The van der Waals surface area contributed by atoms with Gasteiger partial charge in [0, 0.05) is 6.92 Å². The maximum atomic E-state index is 10.6. The Labute approximate surface area is 83.6 Å². The normalized spacial score (nSPS) is 10.0. The van der Waals surface area contributed by atoms with E-state index < -0.39 is 0 Å². The highest BCUT2D eigenvalue weighted by molar-refractivity contribution is 5.69. The minimum atomic E-state index is -0.317. The fourth-order valence-electron chi connectivity index (χ4n) is 1.02. The van der Waals surface area contributed by atoms with Crippen LogP contribution in [0.4, 0.5) is 0 Å². The molecule has 0 amide bonds. The fraction of sp³-hybridized carbons (Fsp3) is 0.364. The molecule has 0 unspecified atom stereocenters. The second kappa shape index (κ2) is 4.65. The topological polar surface area (TPSA) is 35.5 Å². The molecule has 0 saturated carbocycles. The highest BCUT2D eigenvalue weighted by Gasteiger charge is 2.00. The van der Waals surface area contributed by atoms with Gasteiger partial charge in [-0.3, -0.25) is 4.79 Å². The third-order valence-electron chi connectivity index (χ3n) is 1.46. The molecule has 3 nitrogen and oxygen atoms in total. The van der Waals surface area contributed by atoms with E-state index in [2.05, 4.69) is 0 Å². The predicted molar refractivity (Wildman–Crippen MR) is 53.5 cm³/mol. The number of carbonyl (C=O) groups is 1. The Balaban J connectivity index is 2.63. The van der Waals surface area contributed by atoms with Crippen molar-refractivity contribution < 1.29 is 14.3 Å². The van der Waals surface area contributed by atoms with Gasteiger partial charge in [-0.15, -0.1) is 0 Å². The molecule has 0 saturated heterocycles. The Morgan fingerprint density at radius 3 is 2.07 bits per heavy atom. The first-order valence-corrected chi connectivity index (χ1v) is 4.53. The lowest BCUT2D eigenvalue weighted by molar-refractivity contribution is -0.131. The SMILES string of the molecule is CC(=O)Oc1ccc(OC(C)C)cc1. The smallest absolute Gasteiger partial charge is 0.308 e. The van der Waals surface area contributed by atoms with Gasteiger partial charge in [-0.2, -0.15) is 0 Å². The lowest BCUT2D eigenvalue weighted by Crippen LogP contribution is -2.05. The van der Waals surface area contributed by atoms with Gasteiger partial charge in [0.2, 0.25) is 0 Å². The van der Waals surface area contributed by atoms with Gasteiger partial charge >= 0.3 is 5.97 Å². The molecule has 0 heterocycles. The molecule has 3 heteroatoms. The maximum Gasteiger partial charge on any atom is 0.308 e. The van der Waals surface area contributed by atoms with Crippen LogP contribution in [-0.2, 0) is 4.79 Å². The van der Waals surface area contributed by atoms with E-state index in [0.29, 0.717) is 5.75 Å². The molecule has 0 aliphatic rings. The summed E-state index contributed by atoms with van der Waals surface area (Å²) in [6.07, 6.45) is 0.148. The number of esters is 1. The van der Waals surface area contributed by atoms with Gasteiger partial charge in [0.05, 0.1) is 6.10 Å². The van der Waals surface area contributed by atoms with Crippen LogP contribution in [0.25, 0.3) is 0 Å². The van der Waals surface area contributed by atoms with Crippen molar-refractivity contribution >= 4 is 5.97 Å². The molecule has 0 spiro atoms. The second-order valence-electron chi connectivity index (χ2n) is 3.23. The fourth-order valence-corrected chi connectivity index (χ4v) is 1.02. The molecular weight excluding hydrogens is 180 g/mol. The van der Waals surface area contributed by atoms with E-state index in [9.17, 15) is 4.79 Å². The van der Waals surface area contributed by atoms with Crippen molar-refractivity contribution in [3.05, 3.63) is 24.3 Å². The summed E-state index contributed by atoms with van der Waals surface area (Å²) < 4.78 is 10.3. The zero-order chi connectivity index (χ0) is 10.6. The number of carbonyl (C=O) groups excluding carboxylic acids is 1. The van der Waals surface area contributed by atoms with E-state index in [1.54, 1.807) is 24.3 Å². The van der Waals surface area contributed by atoms with Gasteiger partial charge in [-0.05, 0) is 38.1 Å². The van der Waals surface area contributed by atoms with E-state index in [0.717, 1.165) is 5.75 Å². The van der Waals surface area contributed by atoms with E-state index >= 15 is 0 Å². The van der Waals surface area contributed by atoms with Crippen LogP contribution < -0.4 is 9.47 Å². The summed E-state index contributed by atoms with van der Waals surface area (Å²) in [5.74, 6) is 0.993. The van der Waals surface area contributed by atoms with Gasteiger partial charge < -0.3 is 9.47 Å². The van der Waals surface area contributed by atoms with E-state index in [-0.39, 0.29) is 12.1 Å². The Bertz CT molecular complexity index is 301. The zero-order valence-electron chi connectivity index (χ0n) is 8.61. The van der Waals surface area contributed by atoms with E-state index in [1.165, 1.54) is 6.92 Å². The van der Waals surface area contributed by atoms with Crippen LogP contribution in [0.1, 0.15) is 20.8 Å². The van der Waals surface area contributed by atoms with E-state index in [1.807, 2.05) is 13.8 Å². The molecule has 0 aliphatic heterocycles. The first-order chi connectivity index (χ1) is 6.58. The first-order valence-electron chi connectivity index (χ1n) is 4.53. The van der Waals surface area contributed by atoms with Crippen LogP contribution >= 0.6 is 0 Å². The average molecular weight is 194 g/mol. The minimum Gasteiger partial charge on any atom is -0.491 e. The lowest BCUT2D eigenvalue weighted by Gasteiger charge is -2.09. The molecule has 0 bridgehead atoms. The molecular formula is C11H14O3. The van der Waals surface area contributed by atoms with Crippen molar-refractivity contribution in [3.8, 4) is 11.5 Å². The average Bonchev–Trinajstić information content (AvgIpc) is 2.06. The van der Waals surface area contributed by atoms with Gasteiger partial charge in [0.1, 0.15) is 11.5 Å². The predicted octanol–water partition coefficient (Wildman–Crippen LogP) is 2.40. The number of hydrogen-bond acceptors (Lipinski definition) is 3. The largest absolute Gasteiger partial charge is 0.491 e. The molecule has 0 N–H and O–H groups in total. The van der Waals surface area contributed by atoms with Crippen molar-refractivity contribution in [3.63, 3.8) is 0 Å². The van der Waals surface area contributed by atoms with Crippen molar-refractivity contribution in [2.24, 2.45) is 0 Å². The number of hydrogen-bond donors (Lipinski definition) is 0. The number of benzene rings is 1. The molecule has 1 rings (SSSR count). The number of rotatable bonds is 3. The summed E-state index contributed by atoms with van der Waals surface area (Å²) in [7, 11) is 0. The lowest BCUT2D eigenvalue weighted by atomic mass is 10.3. The Morgan fingerprint density at radius 1 is 1.14 bits per heavy atom. The molecule has 0 atom stereocenters. The zero-order valence-corrected chi connectivity index (χ0v) is 8.61. The van der Waals surface area contributed by atoms with Gasteiger partial charge in [-0.25, -0.2) is 0 Å². The van der Waals surface area contributed by atoms with Crippen molar-refractivity contribution in [1.82, 2.24) is 0 Å². The summed E-state index contributed by atoms with van der Waals surface area (Å²) in [6.45, 7) is 5.29. The molecule has 0 aromatic heterocycles. The van der Waals surface area contributed by atoms with Crippen molar-refractivity contribution in [1.29, 1.82) is 0 Å². The monoisotopic (exact) mass is 194 g/mol. The highest BCUT2D eigenvalue weighted by Crippen LogP contribution is 2.18. The summed E-state index contributed by atoms with van der Waals surface area (Å²) in [6, 6.07) is 6.97. The summed E-state index contributed by atoms with van der Waals surface area (Å²) in [5.41, 5.74) is 0. The Morgan fingerprint density at radius 2 is 1.64 bits per heavy atom. The molecule has 1 aromatic rings. The maximum absolute atomic E-state index is 10.6. The third kappa shape index (κ3) is 3.47. The standard InChI is InChI=1S/C11H14O3/c1-8(2)13-10-4-6-11(7-5-10)14-9(3)12/h4-8H,1-3H3. The van der Waals surface area contributed by atoms with Crippen LogP contribution in [0.5, 0.6) is 11.5 Å². The van der Waals surface area contributed by atoms with Gasteiger partial charge in [0.25, 0.3) is 0 Å². The second-order valence-corrected chi connectivity index (χ2v) is 3.23. The first kappa shape index (κ1) is 10.6. The molecule has 0 fully saturated rings. The number of ether oxygens (including phenoxy) is 2. The van der Waals surface area contributed by atoms with Gasteiger partial charge in [-0.1, -0.05) is 0 Å².